The van der Waals surface area contributed by atoms with Crippen molar-refractivity contribution in [1.29, 1.82) is 0 Å². The zero-order chi connectivity index (χ0) is 25.3. The summed E-state index contributed by atoms with van der Waals surface area (Å²) in [4.78, 5) is 28.1. The second kappa shape index (κ2) is 12.2. The molecule has 0 unspecified atom stereocenters. The Labute approximate surface area is 208 Å². The van der Waals surface area contributed by atoms with Crippen LogP contribution in [0.3, 0.4) is 0 Å². The van der Waals surface area contributed by atoms with Crippen LogP contribution in [0, 0.1) is 0 Å². The first-order chi connectivity index (χ1) is 16.8. The van der Waals surface area contributed by atoms with Gasteiger partial charge in [0.1, 0.15) is 5.60 Å². The van der Waals surface area contributed by atoms with Gasteiger partial charge < -0.3 is 14.7 Å². The van der Waals surface area contributed by atoms with Gasteiger partial charge in [-0.15, -0.1) is 0 Å². The number of aliphatic imine (C=N–C) groups is 2. The minimum atomic E-state index is -0.549. The number of aromatic amines is 2. The Bertz CT molecular complexity index is 1080. The number of anilines is 1. The highest BCUT2D eigenvalue weighted by Gasteiger charge is 2.21. The molecule has 0 saturated carbocycles. The standard InChI is InChI=1S/C28H37N5O2/c1-6-16-29-18-22-12-14-24(31-22)26(25-15-13-23(32-25)19-30-17-7-2)20-8-10-21(11-9-20)33-27(34)35-28(3,4)5/h8-15,18-19,26,31-32H,6-7,16-17H2,1-5H3,(H,33,34). The van der Waals surface area contributed by atoms with Gasteiger partial charge in [-0.2, -0.15) is 0 Å². The summed E-state index contributed by atoms with van der Waals surface area (Å²) >= 11 is 0. The maximum Gasteiger partial charge on any atom is 0.412 e. The van der Waals surface area contributed by atoms with Gasteiger partial charge >= 0.3 is 6.09 Å². The molecule has 1 amide bonds. The van der Waals surface area contributed by atoms with E-state index in [9.17, 15) is 4.79 Å². The fourth-order valence-corrected chi connectivity index (χ4v) is 3.64. The van der Waals surface area contributed by atoms with Crippen molar-refractivity contribution in [1.82, 2.24) is 9.97 Å². The molecule has 0 aliphatic heterocycles. The van der Waals surface area contributed by atoms with Crippen LogP contribution < -0.4 is 5.32 Å². The van der Waals surface area contributed by atoms with Crippen LogP contribution in [0.15, 0.2) is 58.5 Å². The van der Waals surface area contributed by atoms with Gasteiger partial charge in [-0.1, -0.05) is 26.0 Å². The quantitative estimate of drug-likeness (QED) is 0.291. The summed E-state index contributed by atoms with van der Waals surface area (Å²) in [5.74, 6) is -0.0489. The van der Waals surface area contributed by atoms with Gasteiger partial charge in [-0.3, -0.25) is 15.3 Å². The summed E-state index contributed by atoms with van der Waals surface area (Å²) in [5, 5.41) is 2.80. The highest BCUT2D eigenvalue weighted by atomic mass is 16.6. The topological polar surface area (TPSA) is 94.6 Å². The molecule has 2 heterocycles. The molecule has 0 atom stereocenters. The molecular formula is C28H37N5O2. The molecule has 35 heavy (non-hydrogen) atoms. The Morgan fingerprint density at radius 3 is 1.86 bits per heavy atom. The van der Waals surface area contributed by atoms with Gasteiger partial charge in [-0.05, 0) is 75.6 Å². The van der Waals surface area contributed by atoms with E-state index in [0.29, 0.717) is 5.69 Å². The predicted molar refractivity (Wildman–Crippen MR) is 144 cm³/mol. The minimum absolute atomic E-state index is 0.0489. The molecule has 186 valence electrons. The number of benzene rings is 1. The highest BCUT2D eigenvalue weighted by molar-refractivity contribution is 5.85. The fourth-order valence-electron chi connectivity index (χ4n) is 3.64. The van der Waals surface area contributed by atoms with E-state index in [4.69, 9.17) is 4.74 Å². The van der Waals surface area contributed by atoms with Crippen molar-refractivity contribution in [2.75, 3.05) is 18.4 Å². The van der Waals surface area contributed by atoms with E-state index < -0.39 is 11.7 Å². The molecule has 0 bridgehead atoms. The number of hydrogen-bond acceptors (Lipinski definition) is 4. The van der Waals surface area contributed by atoms with E-state index in [1.165, 1.54) is 0 Å². The number of amides is 1. The summed E-state index contributed by atoms with van der Waals surface area (Å²) in [6.07, 6.45) is 5.33. The molecule has 0 saturated heterocycles. The number of aromatic nitrogens is 2. The Kier molecular flexibility index (Phi) is 9.06. The van der Waals surface area contributed by atoms with Crippen molar-refractivity contribution in [2.45, 2.75) is 59.0 Å². The van der Waals surface area contributed by atoms with E-state index in [1.54, 1.807) is 0 Å². The van der Waals surface area contributed by atoms with Gasteiger partial charge in [-0.25, -0.2) is 4.79 Å². The van der Waals surface area contributed by atoms with E-state index in [1.807, 2.05) is 69.6 Å². The van der Waals surface area contributed by atoms with Gasteiger partial charge in [0.05, 0.1) is 17.3 Å². The van der Waals surface area contributed by atoms with Gasteiger partial charge in [0.15, 0.2) is 0 Å². The number of carbonyl (C=O) groups is 1. The summed E-state index contributed by atoms with van der Waals surface area (Å²) in [6, 6.07) is 16.1. The lowest BCUT2D eigenvalue weighted by molar-refractivity contribution is 0.0636. The molecule has 0 aliphatic rings. The van der Waals surface area contributed by atoms with Crippen LogP contribution in [-0.4, -0.2) is 47.2 Å². The average molecular weight is 476 g/mol. The maximum absolute atomic E-state index is 12.1. The first-order valence-corrected chi connectivity index (χ1v) is 12.3. The molecule has 0 spiro atoms. The third-order valence-electron chi connectivity index (χ3n) is 5.14. The molecule has 3 N–H and O–H groups in total. The Hall–Kier alpha value is -3.61. The third kappa shape index (κ3) is 7.98. The van der Waals surface area contributed by atoms with E-state index in [-0.39, 0.29) is 5.92 Å². The average Bonchev–Trinajstić information content (AvgIpc) is 3.45. The monoisotopic (exact) mass is 475 g/mol. The van der Waals surface area contributed by atoms with Crippen molar-refractivity contribution in [3.63, 3.8) is 0 Å². The summed E-state index contributed by atoms with van der Waals surface area (Å²) in [5.41, 5.74) is 5.25. The zero-order valence-corrected chi connectivity index (χ0v) is 21.4. The van der Waals surface area contributed by atoms with Crippen LogP contribution in [0.25, 0.3) is 0 Å². The SMILES string of the molecule is CCCN=Cc1ccc(C(c2ccc(NC(=O)OC(C)(C)C)cc2)c2ccc(C=NCCC)[nH]2)[nH]1. The number of ether oxygens (including phenoxy) is 1. The Morgan fingerprint density at radius 2 is 1.40 bits per heavy atom. The molecule has 0 aliphatic carbocycles. The molecule has 3 aromatic rings. The lowest BCUT2D eigenvalue weighted by Crippen LogP contribution is -2.27. The predicted octanol–water partition coefficient (Wildman–Crippen LogP) is 6.53. The molecule has 0 radical (unpaired) electrons. The van der Waals surface area contributed by atoms with Crippen molar-refractivity contribution in [3.8, 4) is 0 Å². The number of nitrogens with zero attached hydrogens (tertiary/aromatic N) is 2. The first kappa shape index (κ1) is 26.0. The lowest BCUT2D eigenvalue weighted by Gasteiger charge is -2.20. The normalized spacial score (nSPS) is 12.9. The van der Waals surface area contributed by atoms with Crippen LogP contribution in [0.1, 0.15) is 81.7 Å². The smallest absolute Gasteiger partial charge is 0.412 e. The maximum atomic E-state index is 12.1. The number of nitrogens with one attached hydrogen (secondary N) is 3. The fraction of sp³-hybridized carbons (Fsp3) is 0.393. The zero-order valence-electron chi connectivity index (χ0n) is 21.4. The number of H-pyrrole nitrogens is 2. The second-order valence-corrected chi connectivity index (χ2v) is 9.49. The minimum Gasteiger partial charge on any atom is -0.444 e. The van der Waals surface area contributed by atoms with E-state index >= 15 is 0 Å². The lowest BCUT2D eigenvalue weighted by atomic mass is 9.92. The number of carbonyl (C=O) groups excluding carboxylic acids is 1. The van der Waals surface area contributed by atoms with E-state index in [2.05, 4.69) is 51.2 Å². The summed E-state index contributed by atoms with van der Waals surface area (Å²) in [6.45, 7) is 11.4. The van der Waals surface area contributed by atoms with Crippen LogP contribution in [0.2, 0.25) is 0 Å². The first-order valence-electron chi connectivity index (χ1n) is 12.3. The highest BCUT2D eigenvalue weighted by Crippen LogP contribution is 2.31. The number of hydrogen-bond donors (Lipinski definition) is 3. The van der Waals surface area contributed by atoms with Crippen molar-refractivity contribution >= 4 is 24.2 Å². The van der Waals surface area contributed by atoms with Gasteiger partial charge in [0.25, 0.3) is 0 Å². The van der Waals surface area contributed by atoms with Crippen LogP contribution in [0.5, 0.6) is 0 Å². The molecule has 7 heteroatoms. The summed E-state index contributed by atoms with van der Waals surface area (Å²) < 4.78 is 5.36. The largest absolute Gasteiger partial charge is 0.444 e. The molecule has 1 aromatic carbocycles. The third-order valence-corrected chi connectivity index (χ3v) is 5.14. The molecule has 3 rings (SSSR count). The molecule has 7 nitrogen and oxygen atoms in total. The molecule has 2 aromatic heterocycles. The van der Waals surface area contributed by atoms with Crippen molar-refractivity contribution in [2.24, 2.45) is 9.98 Å². The van der Waals surface area contributed by atoms with Gasteiger partial charge in [0, 0.05) is 42.6 Å². The van der Waals surface area contributed by atoms with Crippen molar-refractivity contribution < 1.29 is 9.53 Å². The molecular weight excluding hydrogens is 438 g/mol. The molecule has 0 fully saturated rings. The van der Waals surface area contributed by atoms with E-state index in [0.717, 1.165) is 54.3 Å². The Balaban J connectivity index is 1.88. The van der Waals surface area contributed by atoms with Crippen LogP contribution >= 0.6 is 0 Å². The second-order valence-electron chi connectivity index (χ2n) is 9.49. The Morgan fingerprint density at radius 1 is 0.886 bits per heavy atom. The van der Waals surface area contributed by atoms with Crippen LogP contribution in [-0.2, 0) is 4.74 Å². The summed E-state index contributed by atoms with van der Waals surface area (Å²) in [7, 11) is 0. The number of rotatable bonds is 10. The van der Waals surface area contributed by atoms with Crippen LogP contribution in [0.4, 0.5) is 10.5 Å². The van der Waals surface area contributed by atoms with Crippen molar-refractivity contribution in [3.05, 3.63) is 76.9 Å². The van der Waals surface area contributed by atoms with Gasteiger partial charge in [0.2, 0.25) is 0 Å².